The Morgan fingerprint density at radius 1 is 0.900 bits per heavy atom. The van der Waals surface area contributed by atoms with Gasteiger partial charge in [-0.2, -0.15) is 4.39 Å². The molecule has 8 heteroatoms. The summed E-state index contributed by atoms with van der Waals surface area (Å²) in [5, 5.41) is 21.3. The molecule has 102 valence electrons. The summed E-state index contributed by atoms with van der Waals surface area (Å²) >= 11 is 0. The van der Waals surface area contributed by atoms with Crippen molar-refractivity contribution in [1.82, 2.24) is 0 Å². The number of nitro benzene ring substituents is 2. The van der Waals surface area contributed by atoms with Crippen molar-refractivity contribution < 1.29 is 14.2 Å². The molecule has 0 aliphatic rings. The van der Waals surface area contributed by atoms with Crippen molar-refractivity contribution in [1.29, 1.82) is 0 Å². The third kappa shape index (κ3) is 2.39. The summed E-state index contributed by atoms with van der Waals surface area (Å²) in [6.45, 7) is 0. The van der Waals surface area contributed by atoms with E-state index in [1.807, 2.05) is 0 Å². The second-order valence-electron chi connectivity index (χ2n) is 3.95. The van der Waals surface area contributed by atoms with E-state index in [1.54, 1.807) is 0 Å². The van der Waals surface area contributed by atoms with Crippen LogP contribution in [0.3, 0.4) is 0 Å². The van der Waals surface area contributed by atoms with Gasteiger partial charge < -0.3 is 5.73 Å². The van der Waals surface area contributed by atoms with Crippen LogP contribution in [0.15, 0.2) is 36.4 Å². The molecule has 0 radical (unpaired) electrons. The Morgan fingerprint density at radius 2 is 1.45 bits per heavy atom. The molecule has 0 amide bonds. The van der Waals surface area contributed by atoms with Gasteiger partial charge in [-0.3, -0.25) is 20.2 Å². The van der Waals surface area contributed by atoms with E-state index in [0.29, 0.717) is 5.56 Å². The highest BCUT2D eigenvalue weighted by atomic mass is 19.1. The van der Waals surface area contributed by atoms with Crippen LogP contribution >= 0.6 is 0 Å². The average Bonchev–Trinajstić information content (AvgIpc) is 2.38. The molecule has 0 aliphatic heterocycles. The summed E-state index contributed by atoms with van der Waals surface area (Å²) in [6, 6.07) is 7.27. The molecule has 0 aliphatic carbocycles. The van der Waals surface area contributed by atoms with E-state index in [2.05, 4.69) is 0 Å². The Bertz CT molecular complexity index is 718. The third-order valence-corrected chi connectivity index (χ3v) is 2.70. The Labute approximate surface area is 111 Å². The van der Waals surface area contributed by atoms with Crippen molar-refractivity contribution in [2.75, 3.05) is 5.73 Å². The van der Waals surface area contributed by atoms with Gasteiger partial charge in [0, 0.05) is 12.1 Å². The van der Waals surface area contributed by atoms with Crippen LogP contribution in [0.2, 0.25) is 0 Å². The van der Waals surface area contributed by atoms with Gasteiger partial charge in [0.25, 0.3) is 5.69 Å². The molecular weight excluding hydrogens is 269 g/mol. The minimum absolute atomic E-state index is 0.0128. The first-order valence-electron chi connectivity index (χ1n) is 5.38. The molecule has 7 nitrogen and oxygen atoms in total. The lowest BCUT2D eigenvalue weighted by molar-refractivity contribution is -0.387. The first-order valence-corrected chi connectivity index (χ1v) is 5.38. The zero-order valence-corrected chi connectivity index (χ0v) is 9.95. The second kappa shape index (κ2) is 4.92. The van der Waals surface area contributed by atoms with Crippen LogP contribution in [0.1, 0.15) is 0 Å². The van der Waals surface area contributed by atoms with E-state index < -0.39 is 21.4 Å². The number of nitrogen functional groups attached to an aromatic ring is 1. The summed E-state index contributed by atoms with van der Waals surface area (Å²) in [5.74, 6) is -1.01. The highest BCUT2D eigenvalue weighted by Gasteiger charge is 2.17. The standard InChI is InChI=1S/C12H8FN3O4/c13-9-5-7(2-4-11(9)15(17)18)8-1-3-10(14)12(6-8)16(19)20/h1-6H,14H2. The van der Waals surface area contributed by atoms with E-state index in [-0.39, 0.29) is 16.9 Å². The van der Waals surface area contributed by atoms with Crippen molar-refractivity contribution in [2.24, 2.45) is 0 Å². The highest BCUT2D eigenvalue weighted by Crippen LogP contribution is 2.30. The van der Waals surface area contributed by atoms with Crippen LogP contribution in [0, 0.1) is 26.0 Å². The van der Waals surface area contributed by atoms with Crippen LogP contribution in [0.4, 0.5) is 21.5 Å². The molecule has 0 saturated carbocycles. The summed E-state index contributed by atoms with van der Waals surface area (Å²) in [4.78, 5) is 19.8. The number of nitrogens with two attached hydrogens (primary N) is 1. The van der Waals surface area contributed by atoms with Crippen molar-refractivity contribution >= 4 is 17.1 Å². The Hall–Kier alpha value is -3.03. The van der Waals surface area contributed by atoms with Crippen molar-refractivity contribution in [2.45, 2.75) is 0 Å². The monoisotopic (exact) mass is 277 g/mol. The van der Waals surface area contributed by atoms with Crippen LogP contribution < -0.4 is 5.73 Å². The van der Waals surface area contributed by atoms with E-state index >= 15 is 0 Å². The Kier molecular flexibility index (Phi) is 3.30. The molecule has 0 spiro atoms. The lowest BCUT2D eigenvalue weighted by atomic mass is 10.0. The van der Waals surface area contributed by atoms with Crippen molar-refractivity contribution in [3.8, 4) is 11.1 Å². The molecule has 0 saturated heterocycles. The Morgan fingerprint density at radius 3 is 2.00 bits per heavy atom. The quantitative estimate of drug-likeness (QED) is 0.526. The molecule has 2 aromatic rings. The van der Waals surface area contributed by atoms with Gasteiger partial charge in [0.05, 0.1) is 9.85 Å². The van der Waals surface area contributed by atoms with Crippen LogP contribution in [-0.2, 0) is 0 Å². The number of rotatable bonds is 3. The third-order valence-electron chi connectivity index (χ3n) is 2.70. The molecule has 20 heavy (non-hydrogen) atoms. The summed E-state index contributed by atoms with van der Waals surface area (Å²) in [6.07, 6.45) is 0. The lowest BCUT2D eigenvalue weighted by Crippen LogP contribution is -1.96. The summed E-state index contributed by atoms with van der Waals surface area (Å²) in [5.41, 5.74) is 5.12. The number of halogens is 1. The highest BCUT2D eigenvalue weighted by molar-refractivity contribution is 5.72. The molecule has 0 bridgehead atoms. The van der Waals surface area contributed by atoms with E-state index in [0.717, 1.165) is 12.1 Å². The van der Waals surface area contributed by atoms with Crippen LogP contribution in [0.25, 0.3) is 11.1 Å². The van der Waals surface area contributed by atoms with E-state index in [4.69, 9.17) is 5.73 Å². The predicted molar refractivity (Wildman–Crippen MR) is 69.6 cm³/mol. The smallest absolute Gasteiger partial charge is 0.304 e. The molecule has 2 aromatic carbocycles. The number of nitro groups is 2. The minimum atomic E-state index is -1.01. The first-order chi connectivity index (χ1) is 9.40. The van der Waals surface area contributed by atoms with Gasteiger partial charge in [-0.25, -0.2) is 0 Å². The summed E-state index contributed by atoms with van der Waals surface area (Å²) in [7, 11) is 0. The molecule has 0 aromatic heterocycles. The fourth-order valence-corrected chi connectivity index (χ4v) is 1.72. The van der Waals surface area contributed by atoms with Gasteiger partial charge >= 0.3 is 5.69 Å². The van der Waals surface area contributed by atoms with Gasteiger partial charge in [-0.05, 0) is 29.3 Å². The number of hydrogen-bond donors (Lipinski definition) is 1. The van der Waals surface area contributed by atoms with E-state index in [9.17, 15) is 24.6 Å². The van der Waals surface area contributed by atoms with Crippen molar-refractivity contribution in [3.05, 3.63) is 62.4 Å². The molecule has 0 heterocycles. The number of anilines is 1. The largest absolute Gasteiger partial charge is 0.393 e. The number of benzene rings is 2. The summed E-state index contributed by atoms with van der Waals surface area (Å²) < 4.78 is 13.5. The SMILES string of the molecule is Nc1ccc(-c2ccc([N+](=O)[O-])c(F)c2)cc1[N+](=O)[O-]. The maximum absolute atomic E-state index is 13.5. The van der Waals surface area contributed by atoms with Gasteiger partial charge in [-0.1, -0.05) is 6.07 Å². The lowest BCUT2D eigenvalue weighted by Gasteiger charge is -2.04. The number of nitrogens with zero attached hydrogens (tertiary/aromatic N) is 2. The molecular formula is C12H8FN3O4. The number of hydrogen-bond acceptors (Lipinski definition) is 5. The minimum Gasteiger partial charge on any atom is -0.393 e. The van der Waals surface area contributed by atoms with Gasteiger partial charge in [-0.15, -0.1) is 0 Å². The van der Waals surface area contributed by atoms with Crippen LogP contribution in [-0.4, -0.2) is 9.85 Å². The van der Waals surface area contributed by atoms with Gasteiger partial charge in [0.1, 0.15) is 5.69 Å². The Balaban J connectivity index is 2.52. The molecule has 0 unspecified atom stereocenters. The predicted octanol–water partition coefficient (Wildman–Crippen LogP) is 2.89. The maximum atomic E-state index is 13.5. The topological polar surface area (TPSA) is 112 Å². The fraction of sp³-hybridized carbons (Fsp3) is 0. The second-order valence-corrected chi connectivity index (χ2v) is 3.95. The zero-order chi connectivity index (χ0) is 14.9. The molecule has 0 atom stereocenters. The van der Waals surface area contributed by atoms with Crippen molar-refractivity contribution in [3.63, 3.8) is 0 Å². The average molecular weight is 277 g/mol. The van der Waals surface area contributed by atoms with E-state index in [1.165, 1.54) is 24.3 Å². The first kappa shape index (κ1) is 13.4. The maximum Gasteiger partial charge on any atom is 0.304 e. The molecule has 2 rings (SSSR count). The van der Waals surface area contributed by atoms with Gasteiger partial charge in [0.2, 0.25) is 5.82 Å². The zero-order valence-electron chi connectivity index (χ0n) is 9.95. The molecule has 2 N–H and O–H groups in total. The van der Waals surface area contributed by atoms with Gasteiger partial charge in [0.15, 0.2) is 0 Å². The molecule has 0 fully saturated rings. The van der Waals surface area contributed by atoms with Crippen LogP contribution in [0.5, 0.6) is 0 Å². The fourth-order valence-electron chi connectivity index (χ4n) is 1.72. The normalized spacial score (nSPS) is 10.2.